The summed E-state index contributed by atoms with van der Waals surface area (Å²) in [4.78, 5) is 11.6. The Bertz CT molecular complexity index is 368. The summed E-state index contributed by atoms with van der Waals surface area (Å²) in [6.45, 7) is 2.23. The molecule has 17 heavy (non-hydrogen) atoms. The molecule has 94 valence electrons. The molecular formula is C13H19FN2O. The van der Waals surface area contributed by atoms with Crippen molar-refractivity contribution in [1.29, 1.82) is 0 Å². The van der Waals surface area contributed by atoms with Gasteiger partial charge in [0.05, 0.1) is 6.04 Å². The molecule has 0 aromatic heterocycles. The van der Waals surface area contributed by atoms with Crippen LogP contribution in [-0.2, 0) is 11.3 Å². The van der Waals surface area contributed by atoms with Gasteiger partial charge in [0.2, 0.25) is 5.91 Å². The molecule has 4 heteroatoms. The number of carbonyl (C=O) groups excluding carboxylic acids is 1. The molecule has 0 saturated heterocycles. The Kier molecular flexibility index (Phi) is 5.63. The second kappa shape index (κ2) is 7.01. The Morgan fingerprint density at radius 3 is 2.82 bits per heavy atom. The van der Waals surface area contributed by atoms with Crippen molar-refractivity contribution in [3.8, 4) is 0 Å². The van der Waals surface area contributed by atoms with E-state index in [2.05, 4.69) is 5.32 Å². The van der Waals surface area contributed by atoms with Gasteiger partial charge >= 0.3 is 0 Å². The average molecular weight is 238 g/mol. The zero-order valence-corrected chi connectivity index (χ0v) is 10.1. The van der Waals surface area contributed by atoms with E-state index in [0.717, 1.165) is 12.8 Å². The molecule has 0 saturated carbocycles. The standard InChI is InChI=1S/C13H19FN2O/c1-2-3-8-12(15)13(17)16-9-10-6-4-5-7-11(10)14/h4-7,12H,2-3,8-9,15H2,1H3,(H,16,17). The fourth-order valence-corrected chi connectivity index (χ4v) is 1.51. The Morgan fingerprint density at radius 2 is 2.18 bits per heavy atom. The number of halogens is 1. The maximum atomic E-state index is 13.3. The number of benzene rings is 1. The van der Waals surface area contributed by atoms with Gasteiger partial charge in [0.1, 0.15) is 5.82 Å². The highest BCUT2D eigenvalue weighted by molar-refractivity contribution is 5.81. The SMILES string of the molecule is CCCCC(N)C(=O)NCc1ccccc1F. The molecule has 1 aromatic carbocycles. The van der Waals surface area contributed by atoms with Crippen molar-refractivity contribution in [1.82, 2.24) is 5.32 Å². The monoisotopic (exact) mass is 238 g/mol. The van der Waals surface area contributed by atoms with Crippen LogP contribution in [0.25, 0.3) is 0 Å². The highest BCUT2D eigenvalue weighted by atomic mass is 19.1. The van der Waals surface area contributed by atoms with Crippen LogP contribution in [0.1, 0.15) is 31.7 Å². The number of nitrogens with one attached hydrogen (secondary N) is 1. The molecule has 0 heterocycles. The van der Waals surface area contributed by atoms with Crippen LogP contribution >= 0.6 is 0 Å². The lowest BCUT2D eigenvalue weighted by atomic mass is 10.1. The van der Waals surface area contributed by atoms with Gasteiger partial charge in [-0.15, -0.1) is 0 Å². The molecule has 0 bridgehead atoms. The molecule has 1 aromatic rings. The van der Waals surface area contributed by atoms with Crippen LogP contribution in [0, 0.1) is 5.82 Å². The van der Waals surface area contributed by atoms with Crippen molar-refractivity contribution in [2.75, 3.05) is 0 Å². The average Bonchev–Trinajstić information content (AvgIpc) is 2.34. The molecule has 1 unspecified atom stereocenters. The molecular weight excluding hydrogens is 219 g/mol. The molecule has 1 amide bonds. The first-order chi connectivity index (χ1) is 8.15. The van der Waals surface area contributed by atoms with E-state index < -0.39 is 6.04 Å². The number of nitrogens with two attached hydrogens (primary N) is 1. The molecule has 0 aliphatic carbocycles. The van der Waals surface area contributed by atoms with E-state index in [4.69, 9.17) is 5.73 Å². The van der Waals surface area contributed by atoms with E-state index in [1.165, 1.54) is 6.07 Å². The molecule has 3 nitrogen and oxygen atoms in total. The van der Waals surface area contributed by atoms with Gasteiger partial charge in [-0.1, -0.05) is 38.0 Å². The molecule has 1 rings (SSSR count). The maximum Gasteiger partial charge on any atom is 0.237 e. The van der Waals surface area contributed by atoms with Crippen molar-refractivity contribution in [3.05, 3.63) is 35.6 Å². The molecule has 0 radical (unpaired) electrons. The van der Waals surface area contributed by atoms with Gasteiger partial charge in [-0.2, -0.15) is 0 Å². The van der Waals surface area contributed by atoms with E-state index in [1.807, 2.05) is 6.92 Å². The maximum absolute atomic E-state index is 13.3. The number of hydrogen-bond acceptors (Lipinski definition) is 2. The van der Waals surface area contributed by atoms with Crippen LogP contribution in [0.5, 0.6) is 0 Å². The third kappa shape index (κ3) is 4.53. The van der Waals surface area contributed by atoms with Gasteiger partial charge in [-0.25, -0.2) is 4.39 Å². The van der Waals surface area contributed by atoms with Crippen molar-refractivity contribution < 1.29 is 9.18 Å². The molecule has 0 aliphatic heterocycles. The van der Waals surface area contributed by atoms with Crippen LogP contribution in [-0.4, -0.2) is 11.9 Å². The second-order valence-corrected chi connectivity index (χ2v) is 4.06. The van der Waals surface area contributed by atoms with E-state index in [9.17, 15) is 9.18 Å². The Morgan fingerprint density at radius 1 is 1.47 bits per heavy atom. The van der Waals surface area contributed by atoms with E-state index in [1.54, 1.807) is 18.2 Å². The second-order valence-electron chi connectivity index (χ2n) is 4.06. The van der Waals surface area contributed by atoms with Crippen LogP contribution in [0.2, 0.25) is 0 Å². The fourth-order valence-electron chi connectivity index (χ4n) is 1.51. The number of amides is 1. The predicted molar refractivity (Wildman–Crippen MR) is 65.7 cm³/mol. The fraction of sp³-hybridized carbons (Fsp3) is 0.462. The number of hydrogen-bond donors (Lipinski definition) is 2. The van der Waals surface area contributed by atoms with E-state index in [-0.39, 0.29) is 18.3 Å². The molecule has 1 atom stereocenters. The van der Waals surface area contributed by atoms with Crippen LogP contribution in [0.3, 0.4) is 0 Å². The molecule has 0 aliphatic rings. The minimum absolute atomic E-state index is 0.186. The zero-order valence-electron chi connectivity index (χ0n) is 10.1. The lowest BCUT2D eigenvalue weighted by Gasteiger charge is -2.11. The van der Waals surface area contributed by atoms with Gasteiger partial charge in [0.25, 0.3) is 0 Å². The smallest absolute Gasteiger partial charge is 0.237 e. The Labute approximate surface area is 101 Å². The lowest BCUT2D eigenvalue weighted by Crippen LogP contribution is -2.40. The summed E-state index contributed by atoms with van der Waals surface area (Å²) in [5.41, 5.74) is 6.18. The number of carbonyl (C=O) groups is 1. The van der Waals surface area contributed by atoms with Crippen molar-refractivity contribution in [3.63, 3.8) is 0 Å². The highest BCUT2D eigenvalue weighted by Gasteiger charge is 2.12. The van der Waals surface area contributed by atoms with Crippen LogP contribution in [0.4, 0.5) is 4.39 Å². The quantitative estimate of drug-likeness (QED) is 0.796. The molecule has 0 fully saturated rings. The summed E-state index contributed by atoms with van der Waals surface area (Å²) < 4.78 is 13.3. The highest BCUT2D eigenvalue weighted by Crippen LogP contribution is 2.06. The minimum Gasteiger partial charge on any atom is -0.351 e. The van der Waals surface area contributed by atoms with E-state index in [0.29, 0.717) is 12.0 Å². The summed E-state index contributed by atoms with van der Waals surface area (Å²) in [5.74, 6) is -0.531. The molecule has 3 N–H and O–H groups in total. The van der Waals surface area contributed by atoms with Crippen molar-refractivity contribution >= 4 is 5.91 Å². The Hall–Kier alpha value is -1.42. The lowest BCUT2D eigenvalue weighted by molar-refractivity contribution is -0.122. The van der Waals surface area contributed by atoms with Gasteiger partial charge in [0.15, 0.2) is 0 Å². The summed E-state index contributed by atoms with van der Waals surface area (Å²) >= 11 is 0. The van der Waals surface area contributed by atoms with Crippen molar-refractivity contribution in [2.45, 2.75) is 38.8 Å². The predicted octanol–water partition coefficient (Wildman–Crippen LogP) is 1.96. The summed E-state index contributed by atoms with van der Waals surface area (Å²) in [5, 5.41) is 2.64. The van der Waals surface area contributed by atoms with E-state index >= 15 is 0 Å². The van der Waals surface area contributed by atoms with Crippen molar-refractivity contribution in [2.24, 2.45) is 5.73 Å². The summed E-state index contributed by atoms with van der Waals surface area (Å²) in [6.07, 6.45) is 2.60. The summed E-state index contributed by atoms with van der Waals surface area (Å²) in [7, 11) is 0. The van der Waals surface area contributed by atoms with Gasteiger partial charge in [-0.3, -0.25) is 4.79 Å². The topological polar surface area (TPSA) is 55.1 Å². The third-order valence-corrected chi connectivity index (χ3v) is 2.62. The zero-order chi connectivity index (χ0) is 12.7. The number of unbranched alkanes of at least 4 members (excludes halogenated alkanes) is 1. The first-order valence-electron chi connectivity index (χ1n) is 5.91. The largest absolute Gasteiger partial charge is 0.351 e. The van der Waals surface area contributed by atoms with Gasteiger partial charge in [-0.05, 0) is 12.5 Å². The van der Waals surface area contributed by atoms with Crippen LogP contribution < -0.4 is 11.1 Å². The Balaban J connectivity index is 2.40. The van der Waals surface area contributed by atoms with Gasteiger partial charge < -0.3 is 11.1 Å². The number of rotatable bonds is 6. The van der Waals surface area contributed by atoms with Gasteiger partial charge in [0, 0.05) is 12.1 Å². The molecule has 0 spiro atoms. The normalized spacial score (nSPS) is 12.2. The first-order valence-corrected chi connectivity index (χ1v) is 5.91. The minimum atomic E-state index is -0.498. The summed E-state index contributed by atoms with van der Waals surface area (Å²) in [6, 6.07) is 5.88. The first kappa shape index (κ1) is 13.6. The van der Waals surface area contributed by atoms with Crippen LogP contribution in [0.15, 0.2) is 24.3 Å². The third-order valence-electron chi connectivity index (χ3n) is 2.62.